The molecule has 29 heavy (non-hydrogen) atoms. The van der Waals surface area contributed by atoms with Crippen LogP contribution in [0.1, 0.15) is 25.6 Å². The van der Waals surface area contributed by atoms with Crippen LogP contribution in [-0.2, 0) is 0 Å². The first-order valence-corrected chi connectivity index (χ1v) is 10.1. The van der Waals surface area contributed by atoms with Crippen molar-refractivity contribution < 1.29 is 0 Å². The van der Waals surface area contributed by atoms with Crippen molar-refractivity contribution in [3.63, 3.8) is 0 Å². The van der Waals surface area contributed by atoms with E-state index >= 15 is 0 Å². The molecule has 0 aliphatic rings. The molecule has 0 unspecified atom stereocenters. The fraction of sp³-hybridized carbons (Fsp3) is 0.111. The highest BCUT2D eigenvalue weighted by atomic mass is 14.9. The van der Waals surface area contributed by atoms with Gasteiger partial charge in [-0.2, -0.15) is 0 Å². The Labute approximate surface area is 170 Å². The van der Waals surface area contributed by atoms with Gasteiger partial charge in [-0.15, -0.1) is 0 Å². The Balaban J connectivity index is 1.95. The Morgan fingerprint density at radius 2 is 1.21 bits per heavy atom. The summed E-state index contributed by atoms with van der Waals surface area (Å²) in [6, 6.07) is 31.8. The van der Waals surface area contributed by atoms with Crippen LogP contribution in [0.15, 0.2) is 91.0 Å². The fourth-order valence-corrected chi connectivity index (χ4v) is 3.94. The van der Waals surface area contributed by atoms with Gasteiger partial charge < -0.3 is 0 Å². The molecule has 0 aliphatic carbocycles. The van der Waals surface area contributed by atoms with E-state index in [1.54, 1.807) is 0 Å². The van der Waals surface area contributed by atoms with Crippen molar-refractivity contribution in [2.45, 2.75) is 19.8 Å². The van der Waals surface area contributed by atoms with Crippen molar-refractivity contribution >= 4 is 21.7 Å². The van der Waals surface area contributed by atoms with Crippen molar-refractivity contribution in [2.24, 2.45) is 0 Å². The number of aromatic nitrogens is 2. The van der Waals surface area contributed by atoms with E-state index in [1.165, 1.54) is 21.9 Å². The normalized spacial score (nSPS) is 11.4. The lowest BCUT2D eigenvalue weighted by Gasteiger charge is -2.16. The van der Waals surface area contributed by atoms with Crippen LogP contribution in [-0.4, -0.2) is 9.97 Å². The van der Waals surface area contributed by atoms with E-state index in [9.17, 15) is 0 Å². The minimum Gasteiger partial charge on any atom is -0.233 e. The number of nitrogens with zero attached hydrogens (tertiary/aromatic N) is 2. The summed E-state index contributed by atoms with van der Waals surface area (Å²) in [7, 11) is 0. The summed E-state index contributed by atoms with van der Waals surface area (Å²) in [5.41, 5.74) is 5.55. The number of fused-ring (bicyclic) bond motifs is 3. The summed E-state index contributed by atoms with van der Waals surface area (Å²) in [4.78, 5) is 10.00. The highest BCUT2D eigenvalue weighted by Crippen LogP contribution is 2.38. The Morgan fingerprint density at radius 3 is 1.86 bits per heavy atom. The number of rotatable bonds is 3. The topological polar surface area (TPSA) is 25.8 Å². The quantitative estimate of drug-likeness (QED) is 0.311. The third-order valence-corrected chi connectivity index (χ3v) is 5.37. The van der Waals surface area contributed by atoms with Gasteiger partial charge in [0, 0.05) is 16.9 Å². The molecule has 5 aromatic rings. The zero-order chi connectivity index (χ0) is 19.8. The van der Waals surface area contributed by atoms with Crippen LogP contribution >= 0.6 is 0 Å². The molecule has 0 atom stereocenters. The van der Waals surface area contributed by atoms with Crippen LogP contribution in [0.5, 0.6) is 0 Å². The molecule has 0 N–H and O–H groups in total. The standard InChI is InChI=1S/C27H22N2/c1-18(2)27-28-24-17-23(19-11-5-3-6-12-19)21-15-9-10-16-22(21)25(24)26(29-27)20-13-7-4-8-14-20/h3-18H,1-2H3. The molecule has 0 fully saturated rings. The van der Waals surface area contributed by atoms with Crippen molar-refractivity contribution in [2.75, 3.05) is 0 Å². The van der Waals surface area contributed by atoms with E-state index < -0.39 is 0 Å². The number of benzene rings is 4. The average Bonchev–Trinajstić information content (AvgIpc) is 2.78. The Morgan fingerprint density at radius 1 is 0.621 bits per heavy atom. The molecule has 2 heteroatoms. The first-order chi connectivity index (χ1) is 14.2. The maximum Gasteiger partial charge on any atom is 0.132 e. The van der Waals surface area contributed by atoms with Gasteiger partial charge in [0.1, 0.15) is 5.82 Å². The number of hydrogen-bond donors (Lipinski definition) is 0. The molecule has 0 radical (unpaired) electrons. The zero-order valence-corrected chi connectivity index (χ0v) is 16.6. The van der Waals surface area contributed by atoms with E-state index in [0.717, 1.165) is 28.0 Å². The molecule has 5 rings (SSSR count). The lowest BCUT2D eigenvalue weighted by atomic mass is 9.93. The molecule has 0 aliphatic heterocycles. The second-order valence-corrected chi connectivity index (χ2v) is 7.68. The van der Waals surface area contributed by atoms with Crippen molar-refractivity contribution in [1.29, 1.82) is 0 Å². The molecule has 0 amide bonds. The lowest BCUT2D eigenvalue weighted by Crippen LogP contribution is -2.01. The largest absolute Gasteiger partial charge is 0.233 e. The molecule has 1 heterocycles. The first kappa shape index (κ1) is 17.6. The van der Waals surface area contributed by atoms with E-state index in [2.05, 4.69) is 98.8 Å². The van der Waals surface area contributed by atoms with Crippen LogP contribution in [0.2, 0.25) is 0 Å². The Kier molecular flexibility index (Phi) is 4.33. The molecule has 1 aromatic heterocycles. The van der Waals surface area contributed by atoms with Gasteiger partial charge >= 0.3 is 0 Å². The fourth-order valence-electron chi connectivity index (χ4n) is 3.94. The van der Waals surface area contributed by atoms with E-state index in [4.69, 9.17) is 9.97 Å². The summed E-state index contributed by atoms with van der Waals surface area (Å²) in [6.07, 6.45) is 0. The monoisotopic (exact) mass is 374 g/mol. The highest BCUT2D eigenvalue weighted by Gasteiger charge is 2.17. The maximum absolute atomic E-state index is 5.01. The summed E-state index contributed by atoms with van der Waals surface area (Å²) >= 11 is 0. The Bertz CT molecular complexity index is 1310. The van der Waals surface area contributed by atoms with Crippen LogP contribution in [0.25, 0.3) is 44.1 Å². The molecule has 0 bridgehead atoms. The van der Waals surface area contributed by atoms with Gasteiger partial charge in [0.2, 0.25) is 0 Å². The number of hydrogen-bond acceptors (Lipinski definition) is 2. The maximum atomic E-state index is 5.01. The van der Waals surface area contributed by atoms with E-state index in [0.29, 0.717) is 0 Å². The molecule has 2 nitrogen and oxygen atoms in total. The predicted molar refractivity (Wildman–Crippen MR) is 122 cm³/mol. The predicted octanol–water partition coefficient (Wildman–Crippen LogP) is 7.24. The molecule has 4 aromatic carbocycles. The molecule has 0 saturated carbocycles. The zero-order valence-electron chi connectivity index (χ0n) is 16.6. The van der Waals surface area contributed by atoms with Crippen LogP contribution in [0.3, 0.4) is 0 Å². The van der Waals surface area contributed by atoms with E-state index in [-0.39, 0.29) is 5.92 Å². The van der Waals surface area contributed by atoms with Crippen molar-refractivity contribution in [3.05, 3.63) is 96.8 Å². The summed E-state index contributed by atoms with van der Waals surface area (Å²) in [5.74, 6) is 1.14. The average molecular weight is 374 g/mol. The molecule has 140 valence electrons. The molecular weight excluding hydrogens is 352 g/mol. The van der Waals surface area contributed by atoms with Crippen molar-refractivity contribution in [1.82, 2.24) is 9.97 Å². The van der Waals surface area contributed by atoms with Gasteiger partial charge in [-0.05, 0) is 28.0 Å². The molecule has 0 saturated heterocycles. The van der Waals surface area contributed by atoms with Gasteiger partial charge in [-0.1, -0.05) is 98.8 Å². The lowest BCUT2D eigenvalue weighted by molar-refractivity contribution is 0.785. The summed E-state index contributed by atoms with van der Waals surface area (Å²) in [6.45, 7) is 4.30. The third kappa shape index (κ3) is 3.07. The SMILES string of the molecule is CC(C)c1nc(-c2ccccc2)c2c(cc(-c3ccccc3)c3ccccc32)n1. The summed E-state index contributed by atoms with van der Waals surface area (Å²) < 4.78 is 0. The minimum absolute atomic E-state index is 0.258. The first-order valence-electron chi connectivity index (χ1n) is 10.1. The smallest absolute Gasteiger partial charge is 0.132 e. The minimum atomic E-state index is 0.258. The molecule has 0 spiro atoms. The van der Waals surface area contributed by atoms with Crippen LogP contribution < -0.4 is 0 Å². The third-order valence-electron chi connectivity index (χ3n) is 5.37. The Hall–Kier alpha value is -3.52. The van der Waals surface area contributed by atoms with Crippen LogP contribution in [0.4, 0.5) is 0 Å². The van der Waals surface area contributed by atoms with Gasteiger partial charge in [-0.25, -0.2) is 9.97 Å². The highest BCUT2D eigenvalue weighted by molar-refractivity contribution is 6.16. The van der Waals surface area contributed by atoms with Crippen molar-refractivity contribution in [3.8, 4) is 22.4 Å². The summed E-state index contributed by atoms with van der Waals surface area (Å²) in [5, 5.41) is 3.54. The van der Waals surface area contributed by atoms with E-state index in [1.807, 2.05) is 6.07 Å². The molecular formula is C27H22N2. The van der Waals surface area contributed by atoms with Gasteiger partial charge in [0.25, 0.3) is 0 Å². The van der Waals surface area contributed by atoms with Gasteiger partial charge in [0.15, 0.2) is 0 Å². The van der Waals surface area contributed by atoms with Crippen LogP contribution in [0, 0.1) is 0 Å². The van der Waals surface area contributed by atoms with Gasteiger partial charge in [-0.3, -0.25) is 0 Å². The van der Waals surface area contributed by atoms with Gasteiger partial charge in [0.05, 0.1) is 11.2 Å². The second-order valence-electron chi connectivity index (χ2n) is 7.68. The second kappa shape index (κ2) is 7.14.